The second-order valence-electron chi connectivity index (χ2n) is 2.82. The summed E-state index contributed by atoms with van der Waals surface area (Å²) in [6, 6.07) is 1.25. The van der Waals surface area contributed by atoms with Gasteiger partial charge in [-0.1, -0.05) is 11.8 Å². The van der Waals surface area contributed by atoms with Crippen LogP contribution in [0.4, 0.5) is 14.5 Å². The minimum absolute atomic E-state index is 0.190. The quantitative estimate of drug-likeness (QED) is 0.375. The molecule has 0 amide bonds. The van der Waals surface area contributed by atoms with Crippen molar-refractivity contribution in [2.45, 2.75) is 6.42 Å². The third-order valence-electron chi connectivity index (χ3n) is 1.69. The highest BCUT2D eigenvalue weighted by molar-refractivity contribution is 7.80. The van der Waals surface area contributed by atoms with Gasteiger partial charge in [0, 0.05) is 12.2 Å². The lowest BCUT2D eigenvalue weighted by Gasteiger charge is -1.96. The van der Waals surface area contributed by atoms with Crippen molar-refractivity contribution >= 4 is 18.3 Å². The maximum absolute atomic E-state index is 13.2. The molecule has 3 nitrogen and oxygen atoms in total. The van der Waals surface area contributed by atoms with Crippen LogP contribution in [0.15, 0.2) is 12.1 Å². The zero-order chi connectivity index (χ0) is 12.1. The first-order valence-corrected chi connectivity index (χ1v) is 4.92. The van der Waals surface area contributed by atoms with E-state index in [1.54, 1.807) is 0 Å². The summed E-state index contributed by atoms with van der Waals surface area (Å²) in [5.74, 6) is 3.45. The number of nitrogens with zero attached hydrogens (tertiary/aromatic N) is 1. The molecule has 0 saturated heterocycles. The first-order chi connectivity index (χ1) is 7.56. The van der Waals surface area contributed by atoms with Crippen molar-refractivity contribution < 1.29 is 13.7 Å². The Labute approximate surface area is 96.0 Å². The minimum atomic E-state index is -1.10. The van der Waals surface area contributed by atoms with E-state index in [9.17, 15) is 18.9 Å². The van der Waals surface area contributed by atoms with Crippen LogP contribution in [0, 0.1) is 33.6 Å². The lowest BCUT2D eigenvalue weighted by Crippen LogP contribution is -1.96. The number of thiol groups is 1. The molecule has 1 aromatic carbocycles. The average Bonchev–Trinajstić information content (AvgIpc) is 2.22. The van der Waals surface area contributed by atoms with E-state index in [-0.39, 0.29) is 5.56 Å². The molecular formula is C10H7F2NO2S. The molecule has 0 atom stereocenters. The van der Waals surface area contributed by atoms with Gasteiger partial charge in [-0.25, -0.2) is 4.39 Å². The summed E-state index contributed by atoms with van der Waals surface area (Å²) in [7, 11) is 0. The van der Waals surface area contributed by atoms with Gasteiger partial charge in [0.2, 0.25) is 5.82 Å². The Morgan fingerprint density at radius 2 is 2.06 bits per heavy atom. The van der Waals surface area contributed by atoms with Crippen molar-refractivity contribution in [2.75, 3.05) is 5.75 Å². The molecule has 16 heavy (non-hydrogen) atoms. The molecule has 0 aliphatic rings. The van der Waals surface area contributed by atoms with Gasteiger partial charge in [0.15, 0.2) is 0 Å². The van der Waals surface area contributed by atoms with Crippen molar-refractivity contribution in [3.05, 3.63) is 39.4 Å². The molecule has 0 aromatic heterocycles. The lowest BCUT2D eigenvalue weighted by molar-refractivity contribution is -0.387. The molecule has 0 aliphatic heterocycles. The van der Waals surface area contributed by atoms with E-state index in [1.807, 2.05) is 0 Å². The molecule has 0 saturated carbocycles. The molecule has 6 heteroatoms. The Hall–Kier alpha value is -1.61. The molecule has 0 spiro atoms. The second kappa shape index (κ2) is 5.47. The van der Waals surface area contributed by atoms with E-state index in [0.717, 1.165) is 6.07 Å². The molecule has 0 fully saturated rings. The van der Waals surface area contributed by atoms with E-state index < -0.39 is 22.2 Å². The average molecular weight is 243 g/mol. The predicted molar refractivity (Wildman–Crippen MR) is 58.4 cm³/mol. The first kappa shape index (κ1) is 12.5. The van der Waals surface area contributed by atoms with Crippen molar-refractivity contribution in [3.63, 3.8) is 0 Å². The molecule has 1 rings (SSSR count). The van der Waals surface area contributed by atoms with Gasteiger partial charge in [0.25, 0.3) is 0 Å². The fourth-order valence-corrected chi connectivity index (χ4v) is 1.10. The van der Waals surface area contributed by atoms with E-state index in [4.69, 9.17) is 0 Å². The van der Waals surface area contributed by atoms with Crippen LogP contribution in [0.2, 0.25) is 0 Å². The van der Waals surface area contributed by atoms with Gasteiger partial charge in [-0.05, 0) is 6.07 Å². The van der Waals surface area contributed by atoms with Gasteiger partial charge in [-0.15, -0.1) is 0 Å². The van der Waals surface area contributed by atoms with E-state index in [0.29, 0.717) is 18.2 Å². The topological polar surface area (TPSA) is 43.1 Å². The summed E-state index contributed by atoms with van der Waals surface area (Å²) >= 11 is 3.90. The van der Waals surface area contributed by atoms with Gasteiger partial charge in [-0.3, -0.25) is 10.1 Å². The summed E-state index contributed by atoms with van der Waals surface area (Å²) in [6.45, 7) is 0. The molecule has 1 aromatic rings. The van der Waals surface area contributed by atoms with Crippen molar-refractivity contribution in [1.29, 1.82) is 0 Å². The van der Waals surface area contributed by atoms with E-state index >= 15 is 0 Å². The number of halogens is 2. The summed E-state index contributed by atoms with van der Waals surface area (Å²) in [5, 5.41) is 10.3. The standard InChI is InChI=1S/C10H7F2NO2S/c11-8-6-10(13(14)15)9(12)5-7(8)3-1-2-4-16/h5-6,16H,2,4H2. The zero-order valence-electron chi connectivity index (χ0n) is 8.04. The normalized spacial score (nSPS) is 9.44. The summed E-state index contributed by atoms with van der Waals surface area (Å²) in [5.41, 5.74) is -1.08. The largest absolute Gasteiger partial charge is 0.307 e. The van der Waals surface area contributed by atoms with Crippen LogP contribution >= 0.6 is 12.6 Å². The third kappa shape index (κ3) is 2.94. The van der Waals surface area contributed by atoms with Crippen molar-refractivity contribution in [2.24, 2.45) is 0 Å². The number of hydrogen-bond acceptors (Lipinski definition) is 3. The van der Waals surface area contributed by atoms with Gasteiger partial charge in [-0.2, -0.15) is 17.0 Å². The molecule has 0 bridgehead atoms. The number of nitro groups is 1. The number of hydrogen-bond donors (Lipinski definition) is 1. The monoisotopic (exact) mass is 243 g/mol. The fourth-order valence-electron chi connectivity index (χ4n) is 0.986. The van der Waals surface area contributed by atoms with Crippen LogP contribution in [-0.2, 0) is 0 Å². The Bertz CT molecular complexity index is 480. The SMILES string of the molecule is O=[N+]([O-])c1cc(F)c(C#CCCS)cc1F. The smallest absolute Gasteiger partial charge is 0.258 e. The van der Waals surface area contributed by atoms with E-state index in [1.165, 1.54) is 0 Å². The molecule has 84 valence electrons. The van der Waals surface area contributed by atoms with Crippen LogP contribution in [0.1, 0.15) is 12.0 Å². The zero-order valence-corrected chi connectivity index (χ0v) is 8.93. The summed E-state index contributed by atoms with van der Waals surface area (Å²) in [4.78, 5) is 9.32. The Balaban J connectivity index is 3.12. The van der Waals surface area contributed by atoms with Crippen molar-refractivity contribution in [1.82, 2.24) is 0 Å². The van der Waals surface area contributed by atoms with Crippen LogP contribution in [0.5, 0.6) is 0 Å². The number of nitro benzene ring substituents is 1. The maximum Gasteiger partial charge on any atom is 0.307 e. The summed E-state index contributed by atoms with van der Waals surface area (Å²) in [6.07, 6.45) is 0.432. The van der Waals surface area contributed by atoms with Crippen LogP contribution in [0.3, 0.4) is 0 Å². The molecule has 0 radical (unpaired) electrons. The maximum atomic E-state index is 13.2. The van der Waals surface area contributed by atoms with Crippen LogP contribution < -0.4 is 0 Å². The highest BCUT2D eigenvalue weighted by Crippen LogP contribution is 2.20. The Morgan fingerprint density at radius 3 is 2.62 bits per heavy atom. The Morgan fingerprint density at radius 1 is 1.38 bits per heavy atom. The summed E-state index contributed by atoms with van der Waals surface area (Å²) < 4.78 is 26.3. The van der Waals surface area contributed by atoms with Gasteiger partial charge in [0.05, 0.1) is 16.6 Å². The van der Waals surface area contributed by atoms with Gasteiger partial charge < -0.3 is 0 Å². The lowest BCUT2D eigenvalue weighted by atomic mass is 10.2. The Kier molecular flexibility index (Phi) is 4.26. The third-order valence-corrected chi connectivity index (χ3v) is 1.92. The highest BCUT2D eigenvalue weighted by atomic mass is 32.1. The molecule has 0 N–H and O–H groups in total. The second-order valence-corrected chi connectivity index (χ2v) is 3.26. The van der Waals surface area contributed by atoms with Crippen molar-refractivity contribution in [3.8, 4) is 11.8 Å². The van der Waals surface area contributed by atoms with Gasteiger partial charge in [0.1, 0.15) is 5.82 Å². The van der Waals surface area contributed by atoms with E-state index in [2.05, 4.69) is 24.5 Å². The fraction of sp³-hybridized carbons (Fsp3) is 0.200. The molecular weight excluding hydrogens is 236 g/mol. The molecule has 0 aliphatic carbocycles. The number of rotatable bonds is 2. The number of benzene rings is 1. The predicted octanol–water partition coefficient (Wildman–Crippen LogP) is 2.54. The highest BCUT2D eigenvalue weighted by Gasteiger charge is 2.17. The first-order valence-electron chi connectivity index (χ1n) is 4.29. The molecule has 0 unspecified atom stereocenters. The van der Waals surface area contributed by atoms with Crippen LogP contribution in [0.25, 0.3) is 0 Å². The van der Waals surface area contributed by atoms with Gasteiger partial charge >= 0.3 is 5.69 Å². The molecule has 0 heterocycles. The minimum Gasteiger partial charge on any atom is -0.258 e. The van der Waals surface area contributed by atoms with Crippen LogP contribution in [-0.4, -0.2) is 10.7 Å².